The van der Waals surface area contributed by atoms with Crippen molar-refractivity contribution in [3.63, 3.8) is 0 Å². The number of ether oxygens (including phenoxy) is 2. The van der Waals surface area contributed by atoms with E-state index in [-0.39, 0.29) is 12.2 Å². The van der Waals surface area contributed by atoms with Gasteiger partial charge in [-0.1, -0.05) is 6.08 Å². The molecule has 0 atom stereocenters. The summed E-state index contributed by atoms with van der Waals surface area (Å²) in [5.74, 6) is -0.902. The number of carbonyl (C=O) groups is 2. The second-order valence-corrected chi connectivity index (χ2v) is 5.15. The molecule has 1 aliphatic heterocycles. The fraction of sp³-hybridized carbons (Fsp3) is 0.571. The molecule has 0 fully saturated rings. The van der Waals surface area contributed by atoms with Gasteiger partial charge in [0, 0.05) is 20.3 Å². The van der Waals surface area contributed by atoms with E-state index < -0.39 is 11.8 Å². The van der Waals surface area contributed by atoms with Crippen molar-refractivity contribution in [1.82, 2.24) is 0 Å². The van der Waals surface area contributed by atoms with Gasteiger partial charge in [-0.2, -0.15) is 0 Å². The Hall–Kier alpha value is -1.58. The summed E-state index contributed by atoms with van der Waals surface area (Å²) in [6.45, 7) is 5.05. The van der Waals surface area contributed by atoms with Crippen LogP contribution >= 0.6 is 0 Å². The number of carbonyl (C=O) groups excluding carboxylic acids is 2. The summed E-state index contributed by atoms with van der Waals surface area (Å²) in [5.41, 5.74) is 1.17. The molecule has 0 saturated heterocycles. The van der Waals surface area contributed by atoms with Gasteiger partial charge in [-0.15, -0.1) is 0 Å². The number of hydrogen-bond acceptors (Lipinski definition) is 4. The van der Waals surface area contributed by atoms with Crippen molar-refractivity contribution < 1.29 is 19.1 Å². The molecule has 18 heavy (non-hydrogen) atoms. The molecule has 4 nitrogen and oxygen atoms in total. The van der Waals surface area contributed by atoms with E-state index in [9.17, 15) is 9.59 Å². The van der Waals surface area contributed by atoms with Gasteiger partial charge in [-0.05, 0) is 31.8 Å². The van der Waals surface area contributed by atoms with Gasteiger partial charge in [0.25, 0.3) is 0 Å². The van der Waals surface area contributed by atoms with Gasteiger partial charge in [-0.25, -0.2) is 4.79 Å². The standard InChI is InChI=1S/C14H18O4/c1-9-11(13(16)18-14(2,3)17-9)8-12(15)10-6-4-5-7-10/h6H,4-5,7-8H2,1-3H3. The van der Waals surface area contributed by atoms with Crippen LogP contribution in [0.1, 0.15) is 46.5 Å². The van der Waals surface area contributed by atoms with Gasteiger partial charge in [0.15, 0.2) is 5.78 Å². The molecule has 0 aromatic heterocycles. The lowest BCUT2D eigenvalue weighted by Crippen LogP contribution is -2.36. The first-order valence-corrected chi connectivity index (χ1v) is 6.23. The summed E-state index contributed by atoms with van der Waals surface area (Å²) < 4.78 is 10.6. The summed E-state index contributed by atoms with van der Waals surface area (Å²) in [4.78, 5) is 23.8. The monoisotopic (exact) mass is 250 g/mol. The van der Waals surface area contributed by atoms with Gasteiger partial charge >= 0.3 is 5.97 Å². The van der Waals surface area contributed by atoms with Gasteiger partial charge in [0.2, 0.25) is 5.79 Å². The summed E-state index contributed by atoms with van der Waals surface area (Å²) in [6.07, 6.45) is 4.82. The lowest BCUT2D eigenvalue weighted by atomic mass is 10.0. The van der Waals surface area contributed by atoms with Crippen LogP contribution < -0.4 is 0 Å². The SMILES string of the molecule is CC1=C(CC(=O)C2=CCCC2)C(=O)OC(C)(C)O1. The van der Waals surface area contributed by atoms with Crippen LogP contribution in [0.4, 0.5) is 0 Å². The van der Waals surface area contributed by atoms with Crippen molar-refractivity contribution in [2.24, 2.45) is 0 Å². The molecule has 0 bridgehead atoms. The molecule has 1 heterocycles. The number of cyclic esters (lactones) is 1. The van der Waals surface area contributed by atoms with E-state index in [1.165, 1.54) is 0 Å². The highest BCUT2D eigenvalue weighted by Crippen LogP contribution is 2.29. The Labute approximate surface area is 107 Å². The fourth-order valence-corrected chi connectivity index (χ4v) is 2.27. The maximum atomic E-state index is 12.0. The van der Waals surface area contributed by atoms with Crippen LogP contribution in [0.5, 0.6) is 0 Å². The average molecular weight is 250 g/mol. The van der Waals surface area contributed by atoms with E-state index in [1.807, 2.05) is 6.08 Å². The van der Waals surface area contributed by atoms with Crippen LogP contribution in [-0.4, -0.2) is 17.5 Å². The number of allylic oxidation sites excluding steroid dienone is 3. The Morgan fingerprint density at radius 2 is 2.11 bits per heavy atom. The van der Waals surface area contributed by atoms with E-state index in [0.717, 1.165) is 24.8 Å². The first-order chi connectivity index (χ1) is 8.39. The first kappa shape index (κ1) is 12.9. The fourth-order valence-electron chi connectivity index (χ4n) is 2.27. The minimum atomic E-state index is -0.944. The highest BCUT2D eigenvalue weighted by atomic mass is 16.7. The highest BCUT2D eigenvalue weighted by molar-refractivity contribution is 6.03. The third-order valence-electron chi connectivity index (χ3n) is 3.15. The Morgan fingerprint density at radius 1 is 1.39 bits per heavy atom. The van der Waals surface area contributed by atoms with Crippen LogP contribution in [0, 0.1) is 0 Å². The van der Waals surface area contributed by atoms with Gasteiger partial charge in [0.1, 0.15) is 5.76 Å². The van der Waals surface area contributed by atoms with Gasteiger partial charge in [0.05, 0.1) is 5.57 Å². The number of Topliss-reactive ketones (excluding diaryl/α,β-unsaturated/α-hetero) is 1. The predicted molar refractivity (Wildman–Crippen MR) is 65.5 cm³/mol. The van der Waals surface area contributed by atoms with E-state index in [0.29, 0.717) is 11.3 Å². The molecular formula is C14H18O4. The number of esters is 1. The second-order valence-electron chi connectivity index (χ2n) is 5.15. The lowest BCUT2D eigenvalue weighted by molar-refractivity contribution is -0.207. The maximum absolute atomic E-state index is 12.0. The maximum Gasteiger partial charge on any atom is 0.341 e. The first-order valence-electron chi connectivity index (χ1n) is 6.23. The Balaban J connectivity index is 2.13. The molecule has 0 amide bonds. The molecule has 2 aliphatic rings. The van der Waals surface area contributed by atoms with Crippen molar-refractivity contribution in [2.75, 3.05) is 0 Å². The van der Waals surface area contributed by atoms with Crippen molar-refractivity contribution in [3.8, 4) is 0 Å². The molecule has 98 valence electrons. The number of ketones is 1. The van der Waals surface area contributed by atoms with Crippen molar-refractivity contribution in [2.45, 2.75) is 52.2 Å². The normalized spacial score (nSPS) is 22.4. The average Bonchev–Trinajstić information content (AvgIpc) is 2.75. The van der Waals surface area contributed by atoms with E-state index >= 15 is 0 Å². The molecular weight excluding hydrogens is 232 g/mol. The van der Waals surface area contributed by atoms with Crippen LogP contribution in [-0.2, 0) is 19.1 Å². The highest BCUT2D eigenvalue weighted by Gasteiger charge is 2.35. The smallest absolute Gasteiger partial charge is 0.341 e. The Kier molecular flexibility index (Phi) is 3.28. The zero-order chi connectivity index (χ0) is 13.3. The molecule has 0 aromatic rings. The molecule has 0 spiro atoms. The molecule has 0 aromatic carbocycles. The van der Waals surface area contributed by atoms with E-state index in [2.05, 4.69) is 0 Å². The quantitative estimate of drug-likeness (QED) is 0.722. The molecule has 0 saturated carbocycles. The molecule has 2 rings (SSSR count). The second kappa shape index (κ2) is 4.59. The summed E-state index contributed by atoms with van der Waals surface area (Å²) in [5, 5.41) is 0. The number of rotatable bonds is 3. The van der Waals surface area contributed by atoms with Crippen LogP contribution in [0.2, 0.25) is 0 Å². The molecule has 0 radical (unpaired) electrons. The number of hydrogen-bond donors (Lipinski definition) is 0. The third kappa shape index (κ3) is 2.63. The van der Waals surface area contributed by atoms with Crippen LogP contribution in [0.15, 0.2) is 23.0 Å². The molecule has 0 unspecified atom stereocenters. The van der Waals surface area contributed by atoms with Crippen LogP contribution in [0.3, 0.4) is 0 Å². The molecule has 1 aliphatic carbocycles. The minimum absolute atomic E-state index is 0.00195. The minimum Gasteiger partial charge on any atom is -0.457 e. The van der Waals surface area contributed by atoms with Crippen LogP contribution in [0.25, 0.3) is 0 Å². The zero-order valence-electron chi connectivity index (χ0n) is 11.0. The lowest BCUT2D eigenvalue weighted by Gasteiger charge is -2.32. The van der Waals surface area contributed by atoms with Crippen molar-refractivity contribution in [1.29, 1.82) is 0 Å². The summed E-state index contributed by atoms with van der Waals surface area (Å²) >= 11 is 0. The molecule has 0 N–H and O–H groups in total. The largest absolute Gasteiger partial charge is 0.457 e. The Morgan fingerprint density at radius 3 is 2.67 bits per heavy atom. The third-order valence-corrected chi connectivity index (χ3v) is 3.15. The zero-order valence-corrected chi connectivity index (χ0v) is 11.0. The molecule has 4 heteroatoms. The van der Waals surface area contributed by atoms with Crippen molar-refractivity contribution >= 4 is 11.8 Å². The van der Waals surface area contributed by atoms with Gasteiger partial charge < -0.3 is 9.47 Å². The topological polar surface area (TPSA) is 52.6 Å². The summed E-state index contributed by atoms with van der Waals surface area (Å²) in [7, 11) is 0. The van der Waals surface area contributed by atoms with E-state index in [4.69, 9.17) is 9.47 Å². The Bertz CT molecular complexity index is 454. The van der Waals surface area contributed by atoms with Crippen molar-refractivity contribution in [3.05, 3.63) is 23.0 Å². The summed E-state index contributed by atoms with van der Waals surface area (Å²) in [6, 6.07) is 0. The van der Waals surface area contributed by atoms with E-state index in [1.54, 1.807) is 20.8 Å². The van der Waals surface area contributed by atoms with Gasteiger partial charge in [-0.3, -0.25) is 4.79 Å². The predicted octanol–water partition coefficient (Wildman–Crippen LogP) is 2.64.